The second kappa shape index (κ2) is 5.97. The molecule has 0 aliphatic rings. The van der Waals surface area contributed by atoms with Crippen molar-refractivity contribution in [3.63, 3.8) is 0 Å². The molecule has 0 aliphatic carbocycles. The van der Waals surface area contributed by atoms with Gasteiger partial charge in [0.1, 0.15) is 6.33 Å². The van der Waals surface area contributed by atoms with Gasteiger partial charge in [0, 0.05) is 18.3 Å². The Morgan fingerprint density at radius 3 is 2.63 bits per heavy atom. The summed E-state index contributed by atoms with van der Waals surface area (Å²) in [7, 11) is 0. The van der Waals surface area contributed by atoms with Crippen molar-refractivity contribution in [2.45, 2.75) is 52.9 Å². The minimum atomic E-state index is 0.385. The summed E-state index contributed by atoms with van der Waals surface area (Å²) in [5.74, 6) is 0.817. The minimum absolute atomic E-state index is 0.385. The Kier molecular flexibility index (Phi) is 4.31. The Labute approximate surface area is 113 Å². The number of aromatic nitrogens is 5. The lowest BCUT2D eigenvalue weighted by molar-refractivity contribution is 0.519. The fraction of sp³-hybridized carbons (Fsp3) is 0.615. The first-order valence-electron chi connectivity index (χ1n) is 6.70. The molecular formula is C13H22N6. The fourth-order valence-electron chi connectivity index (χ4n) is 1.70. The van der Waals surface area contributed by atoms with E-state index in [4.69, 9.17) is 0 Å². The van der Waals surface area contributed by atoms with Gasteiger partial charge >= 0.3 is 0 Å². The predicted octanol–water partition coefficient (Wildman–Crippen LogP) is 1.60. The second-order valence-corrected chi connectivity index (χ2v) is 5.27. The maximum atomic E-state index is 4.50. The SMILES string of the molecule is CC(C)NCc1ncn(Cc2ccn(C(C)C)n2)n1. The Bertz CT molecular complexity index is 511. The normalized spacial score (nSPS) is 11.7. The minimum Gasteiger partial charge on any atom is -0.308 e. The van der Waals surface area contributed by atoms with Crippen molar-refractivity contribution in [2.75, 3.05) is 0 Å². The highest BCUT2D eigenvalue weighted by Gasteiger charge is 2.05. The standard InChI is InChI=1S/C13H22N6/c1-10(2)14-7-13-15-9-18(17-13)8-12-5-6-19(16-12)11(3)4/h5-6,9-11,14H,7-8H2,1-4H3. The van der Waals surface area contributed by atoms with Crippen molar-refractivity contribution >= 4 is 0 Å². The molecule has 0 saturated heterocycles. The first kappa shape index (κ1) is 13.7. The van der Waals surface area contributed by atoms with Gasteiger partial charge in [0.15, 0.2) is 5.82 Å². The van der Waals surface area contributed by atoms with Gasteiger partial charge in [-0.2, -0.15) is 10.2 Å². The van der Waals surface area contributed by atoms with Crippen molar-refractivity contribution in [3.05, 3.63) is 30.1 Å². The van der Waals surface area contributed by atoms with E-state index in [1.807, 2.05) is 21.6 Å². The number of nitrogens with one attached hydrogen (secondary N) is 1. The number of hydrogen-bond donors (Lipinski definition) is 1. The second-order valence-electron chi connectivity index (χ2n) is 5.27. The van der Waals surface area contributed by atoms with Gasteiger partial charge in [-0.1, -0.05) is 13.8 Å². The summed E-state index contributed by atoms with van der Waals surface area (Å²) in [6, 6.07) is 2.84. The zero-order valence-electron chi connectivity index (χ0n) is 12.0. The van der Waals surface area contributed by atoms with E-state index < -0.39 is 0 Å². The summed E-state index contributed by atoms with van der Waals surface area (Å²) in [6.45, 7) is 9.80. The van der Waals surface area contributed by atoms with E-state index in [0.29, 0.717) is 25.2 Å². The van der Waals surface area contributed by atoms with Crippen LogP contribution in [0.4, 0.5) is 0 Å². The van der Waals surface area contributed by atoms with Crippen molar-refractivity contribution in [2.24, 2.45) is 0 Å². The molecule has 0 spiro atoms. The van der Waals surface area contributed by atoms with Crippen LogP contribution in [0, 0.1) is 0 Å². The monoisotopic (exact) mass is 262 g/mol. The van der Waals surface area contributed by atoms with E-state index in [1.165, 1.54) is 0 Å². The zero-order valence-corrected chi connectivity index (χ0v) is 12.0. The molecule has 104 valence electrons. The number of hydrogen-bond acceptors (Lipinski definition) is 4. The smallest absolute Gasteiger partial charge is 0.164 e. The maximum absolute atomic E-state index is 4.50. The van der Waals surface area contributed by atoms with Gasteiger partial charge in [-0.05, 0) is 19.9 Å². The van der Waals surface area contributed by atoms with E-state index >= 15 is 0 Å². The summed E-state index contributed by atoms with van der Waals surface area (Å²) in [5.41, 5.74) is 1.00. The molecule has 0 amide bonds. The van der Waals surface area contributed by atoms with Crippen LogP contribution in [0.1, 0.15) is 45.3 Å². The van der Waals surface area contributed by atoms with Gasteiger partial charge in [-0.15, -0.1) is 0 Å². The lowest BCUT2D eigenvalue weighted by Gasteiger charge is -2.04. The molecule has 0 atom stereocenters. The maximum Gasteiger partial charge on any atom is 0.164 e. The first-order chi connectivity index (χ1) is 9.04. The van der Waals surface area contributed by atoms with Crippen LogP contribution >= 0.6 is 0 Å². The molecule has 0 aromatic carbocycles. The summed E-state index contributed by atoms with van der Waals surface area (Å²) in [5, 5.41) is 12.2. The van der Waals surface area contributed by atoms with Crippen LogP contribution in [0.25, 0.3) is 0 Å². The molecule has 6 nitrogen and oxygen atoms in total. The van der Waals surface area contributed by atoms with Gasteiger partial charge in [0.2, 0.25) is 0 Å². The summed E-state index contributed by atoms with van der Waals surface area (Å²) in [6.07, 6.45) is 3.75. The van der Waals surface area contributed by atoms with E-state index in [1.54, 1.807) is 6.33 Å². The van der Waals surface area contributed by atoms with Gasteiger partial charge in [0.05, 0.1) is 18.8 Å². The molecule has 6 heteroatoms. The van der Waals surface area contributed by atoms with Crippen LogP contribution < -0.4 is 5.32 Å². The average Bonchev–Trinajstić information content (AvgIpc) is 2.96. The summed E-state index contributed by atoms with van der Waals surface area (Å²) >= 11 is 0. The third-order valence-corrected chi connectivity index (χ3v) is 2.77. The van der Waals surface area contributed by atoms with Crippen LogP contribution in [0.15, 0.2) is 18.6 Å². The highest BCUT2D eigenvalue weighted by Crippen LogP contribution is 2.05. The van der Waals surface area contributed by atoms with Crippen molar-refractivity contribution in [1.82, 2.24) is 29.9 Å². The largest absolute Gasteiger partial charge is 0.308 e. The van der Waals surface area contributed by atoms with E-state index in [-0.39, 0.29) is 0 Å². The third-order valence-electron chi connectivity index (χ3n) is 2.77. The van der Waals surface area contributed by atoms with Crippen LogP contribution in [0.3, 0.4) is 0 Å². The molecule has 0 saturated carbocycles. The Balaban J connectivity index is 1.95. The Morgan fingerprint density at radius 1 is 1.21 bits per heavy atom. The molecule has 1 N–H and O–H groups in total. The van der Waals surface area contributed by atoms with E-state index in [0.717, 1.165) is 11.5 Å². The van der Waals surface area contributed by atoms with Gasteiger partial charge in [-0.25, -0.2) is 9.67 Å². The molecule has 0 unspecified atom stereocenters. The highest BCUT2D eigenvalue weighted by atomic mass is 15.4. The zero-order chi connectivity index (χ0) is 13.8. The van der Waals surface area contributed by atoms with Crippen LogP contribution in [-0.4, -0.2) is 30.6 Å². The molecule has 0 radical (unpaired) electrons. The van der Waals surface area contributed by atoms with Crippen molar-refractivity contribution < 1.29 is 0 Å². The molecule has 0 aliphatic heterocycles. The van der Waals surface area contributed by atoms with Gasteiger partial charge in [0.25, 0.3) is 0 Å². The number of nitrogens with zero attached hydrogens (tertiary/aromatic N) is 5. The molecular weight excluding hydrogens is 240 g/mol. The third kappa shape index (κ3) is 3.89. The van der Waals surface area contributed by atoms with E-state index in [9.17, 15) is 0 Å². The summed E-state index contributed by atoms with van der Waals surface area (Å²) < 4.78 is 3.78. The van der Waals surface area contributed by atoms with Crippen LogP contribution in [-0.2, 0) is 13.1 Å². The topological polar surface area (TPSA) is 60.6 Å². The van der Waals surface area contributed by atoms with E-state index in [2.05, 4.69) is 48.2 Å². The van der Waals surface area contributed by atoms with Gasteiger partial charge in [-0.3, -0.25) is 4.68 Å². The Morgan fingerprint density at radius 2 is 2.00 bits per heavy atom. The quantitative estimate of drug-likeness (QED) is 0.859. The Hall–Kier alpha value is -1.69. The molecule has 0 bridgehead atoms. The molecule has 2 aromatic rings. The molecule has 2 heterocycles. The molecule has 0 fully saturated rings. The van der Waals surface area contributed by atoms with Crippen LogP contribution in [0.5, 0.6) is 0 Å². The van der Waals surface area contributed by atoms with Crippen LogP contribution in [0.2, 0.25) is 0 Å². The van der Waals surface area contributed by atoms with Crippen molar-refractivity contribution in [3.8, 4) is 0 Å². The molecule has 19 heavy (non-hydrogen) atoms. The average molecular weight is 262 g/mol. The van der Waals surface area contributed by atoms with Gasteiger partial charge < -0.3 is 5.32 Å². The predicted molar refractivity (Wildman–Crippen MR) is 73.7 cm³/mol. The highest BCUT2D eigenvalue weighted by molar-refractivity contribution is 5.00. The lowest BCUT2D eigenvalue weighted by atomic mass is 10.4. The lowest BCUT2D eigenvalue weighted by Crippen LogP contribution is -2.22. The fourth-order valence-corrected chi connectivity index (χ4v) is 1.70. The number of rotatable bonds is 6. The molecule has 2 aromatic heterocycles. The molecule has 2 rings (SSSR count). The summed E-state index contributed by atoms with van der Waals surface area (Å²) in [4.78, 5) is 4.28. The van der Waals surface area contributed by atoms with Crippen molar-refractivity contribution in [1.29, 1.82) is 0 Å². The first-order valence-corrected chi connectivity index (χ1v) is 6.70.